The molecular weight excluding hydrogens is 265 g/mol. The van der Waals surface area contributed by atoms with Crippen molar-refractivity contribution >= 4 is 0 Å². The zero-order chi connectivity index (χ0) is 15.2. The maximum Gasteiger partial charge on any atom is 0.123 e. The molecule has 1 aromatic rings. The average Bonchev–Trinajstić information content (AvgIpc) is 2.48. The highest BCUT2D eigenvalue weighted by Gasteiger charge is 2.29. The van der Waals surface area contributed by atoms with Crippen molar-refractivity contribution in [2.24, 2.45) is 11.8 Å². The molecule has 3 heteroatoms. The summed E-state index contributed by atoms with van der Waals surface area (Å²) in [5.41, 5.74) is 0.977. The van der Waals surface area contributed by atoms with Crippen LogP contribution < -0.4 is 10.1 Å². The van der Waals surface area contributed by atoms with Gasteiger partial charge in [0, 0.05) is 11.6 Å². The van der Waals surface area contributed by atoms with Gasteiger partial charge in [0.25, 0.3) is 0 Å². The molecule has 0 spiro atoms. The number of methoxy groups -OCH3 is 1. The summed E-state index contributed by atoms with van der Waals surface area (Å²) < 4.78 is 19.2. The second-order valence-electron chi connectivity index (χ2n) is 6.35. The Labute approximate surface area is 128 Å². The minimum Gasteiger partial charge on any atom is -0.496 e. The molecule has 3 unspecified atom stereocenters. The first-order valence-corrected chi connectivity index (χ1v) is 8.22. The van der Waals surface area contributed by atoms with Crippen molar-refractivity contribution in [3.8, 4) is 5.75 Å². The van der Waals surface area contributed by atoms with Gasteiger partial charge < -0.3 is 10.1 Å². The van der Waals surface area contributed by atoms with Crippen molar-refractivity contribution in [3.05, 3.63) is 29.6 Å². The Balaban J connectivity index is 2.28. The van der Waals surface area contributed by atoms with Crippen molar-refractivity contribution in [3.63, 3.8) is 0 Å². The van der Waals surface area contributed by atoms with Gasteiger partial charge in [0.2, 0.25) is 0 Å². The van der Waals surface area contributed by atoms with Gasteiger partial charge in [-0.3, -0.25) is 0 Å². The van der Waals surface area contributed by atoms with Gasteiger partial charge in [-0.15, -0.1) is 0 Å². The van der Waals surface area contributed by atoms with Gasteiger partial charge in [-0.05, 0) is 55.8 Å². The number of ether oxygens (including phenoxy) is 1. The zero-order valence-corrected chi connectivity index (χ0v) is 13.5. The van der Waals surface area contributed by atoms with Crippen LogP contribution in [-0.2, 0) is 0 Å². The molecule has 1 N–H and O–H groups in total. The Morgan fingerprint density at radius 3 is 2.86 bits per heavy atom. The Bertz CT molecular complexity index is 449. The normalized spacial score (nSPS) is 23.8. The van der Waals surface area contributed by atoms with E-state index in [1.54, 1.807) is 19.2 Å². The largest absolute Gasteiger partial charge is 0.496 e. The number of hydrogen-bond acceptors (Lipinski definition) is 2. The van der Waals surface area contributed by atoms with Crippen molar-refractivity contribution < 1.29 is 9.13 Å². The summed E-state index contributed by atoms with van der Waals surface area (Å²) in [6, 6.07) is 5.06. The molecule has 2 nitrogen and oxygen atoms in total. The molecule has 1 aliphatic carbocycles. The van der Waals surface area contributed by atoms with Crippen LogP contribution in [0.4, 0.5) is 4.39 Å². The number of nitrogens with one attached hydrogen (secondary N) is 1. The molecule has 1 aliphatic rings. The van der Waals surface area contributed by atoms with E-state index in [2.05, 4.69) is 19.2 Å². The summed E-state index contributed by atoms with van der Waals surface area (Å²) in [6.07, 6.45) is 6.09. The van der Waals surface area contributed by atoms with Gasteiger partial charge >= 0.3 is 0 Å². The molecule has 0 radical (unpaired) electrons. The Hall–Kier alpha value is -1.09. The molecule has 3 atom stereocenters. The van der Waals surface area contributed by atoms with Gasteiger partial charge in [0.1, 0.15) is 11.6 Å². The van der Waals surface area contributed by atoms with Crippen LogP contribution >= 0.6 is 0 Å². The highest BCUT2D eigenvalue weighted by Crippen LogP contribution is 2.40. The van der Waals surface area contributed by atoms with Crippen LogP contribution in [0.1, 0.15) is 57.6 Å². The fraction of sp³-hybridized carbons (Fsp3) is 0.667. The molecule has 0 saturated heterocycles. The predicted octanol–water partition coefficient (Wildman–Crippen LogP) is 4.70. The third-order valence-electron chi connectivity index (χ3n) is 4.59. The van der Waals surface area contributed by atoms with E-state index in [0.29, 0.717) is 5.92 Å². The van der Waals surface area contributed by atoms with E-state index < -0.39 is 0 Å². The van der Waals surface area contributed by atoms with Crippen molar-refractivity contribution in [2.75, 3.05) is 13.7 Å². The van der Waals surface area contributed by atoms with E-state index in [4.69, 9.17) is 4.74 Å². The van der Waals surface area contributed by atoms with E-state index >= 15 is 0 Å². The lowest BCUT2D eigenvalue weighted by Crippen LogP contribution is -2.32. The minimum atomic E-state index is -0.182. The summed E-state index contributed by atoms with van der Waals surface area (Å²) in [7, 11) is 1.66. The van der Waals surface area contributed by atoms with Crippen LogP contribution in [0.5, 0.6) is 5.75 Å². The number of halogens is 1. The molecule has 118 valence electrons. The van der Waals surface area contributed by atoms with Gasteiger partial charge in [0.15, 0.2) is 0 Å². The Morgan fingerprint density at radius 2 is 2.19 bits per heavy atom. The van der Waals surface area contributed by atoms with Crippen molar-refractivity contribution in [2.45, 2.75) is 52.0 Å². The average molecular weight is 293 g/mol. The third-order valence-corrected chi connectivity index (χ3v) is 4.59. The number of hydrogen-bond donors (Lipinski definition) is 1. The summed E-state index contributed by atoms with van der Waals surface area (Å²) >= 11 is 0. The first kappa shape index (κ1) is 16.3. The van der Waals surface area contributed by atoms with E-state index in [0.717, 1.165) is 30.2 Å². The van der Waals surface area contributed by atoms with Crippen LogP contribution in [0.3, 0.4) is 0 Å². The smallest absolute Gasteiger partial charge is 0.123 e. The Kier molecular flexibility index (Phi) is 6.04. The van der Waals surface area contributed by atoms with Crippen molar-refractivity contribution in [1.82, 2.24) is 5.32 Å². The number of rotatable bonds is 6. The summed E-state index contributed by atoms with van der Waals surface area (Å²) in [6.45, 7) is 5.44. The van der Waals surface area contributed by atoms with Gasteiger partial charge in [-0.2, -0.15) is 0 Å². The molecule has 0 amide bonds. The second-order valence-corrected chi connectivity index (χ2v) is 6.35. The third kappa shape index (κ3) is 4.19. The molecule has 0 heterocycles. The first-order valence-electron chi connectivity index (χ1n) is 8.22. The maximum absolute atomic E-state index is 13.7. The SMILES string of the molecule is CCCNC(c1cc(F)ccc1OC)C1CCCC(C)C1. The number of benzene rings is 1. The van der Waals surface area contributed by atoms with Crippen LogP contribution in [0.25, 0.3) is 0 Å². The van der Waals surface area contributed by atoms with Crippen molar-refractivity contribution in [1.29, 1.82) is 0 Å². The lowest BCUT2D eigenvalue weighted by molar-refractivity contribution is 0.220. The monoisotopic (exact) mass is 293 g/mol. The zero-order valence-electron chi connectivity index (χ0n) is 13.5. The van der Waals surface area contributed by atoms with Crippen LogP contribution in [-0.4, -0.2) is 13.7 Å². The molecule has 1 fully saturated rings. The quantitative estimate of drug-likeness (QED) is 0.820. The first-order chi connectivity index (χ1) is 10.2. The fourth-order valence-electron chi connectivity index (χ4n) is 3.56. The highest BCUT2D eigenvalue weighted by molar-refractivity contribution is 5.37. The molecule has 2 rings (SSSR count). The fourth-order valence-corrected chi connectivity index (χ4v) is 3.56. The van der Waals surface area contributed by atoms with Crippen LogP contribution in [0.15, 0.2) is 18.2 Å². The molecule has 21 heavy (non-hydrogen) atoms. The van der Waals surface area contributed by atoms with E-state index in [1.807, 2.05) is 0 Å². The second kappa shape index (κ2) is 7.79. The van der Waals surface area contributed by atoms with Gasteiger partial charge in [-0.25, -0.2) is 4.39 Å². The van der Waals surface area contributed by atoms with Gasteiger partial charge in [-0.1, -0.05) is 26.7 Å². The summed E-state index contributed by atoms with van der Waals surface area (Å²) in [4.78, 5) is 0. The van der Waals surface area contributed by atoms with E-state index in [1.165, 1.54) is 31.7 Å². The molecule has 0 aliphatic heterocycles. The van der Waals surface area contributed by atoms with Crippen LogP contribution in [0.2, 0.25) is 0 Å². The molecule has 0 bridgehead atoms. The highest BCUT2D eigenvalue weighted by atomic mass is 19.1. The lowest BCUT2D eigenvalue weighted by atomic mass is 9.76. The molecule has 1 aromatic carbocycles. The van der Waals surface area contributed by atoms with Crippen LogP contribution in [0, 0.1) is 17.7 Å². The Morgan fingerprint density at radius 1 is 1.38 bits per heavy atom. The molecule has 1 saturated carbocycles. The lowest BCUT2D eigenvalue weighted by Gasteiger charge is -2.35. The topological polar surface area (TPSA) is 21.3 Å². The predicted molar refractivity (Wildman–Crippen MR) is 85.1 cm³/mol. The summed E-state index contributed by atoms with van der Waals surface area (Å²) in [5.74, 6) is 1.94. The summed E-state index contributed by atoms with van der Waals surface area (Å²) in [5, 5.41) is 3.63. The minimum absolute atomic E-state index is 0.182. The molecular formula is C18H28FNO. The maximum atomic E-state index is 13.7. The molecule has 0 aromatic heterocycles. The van der Waals surface area contributed by atoms with E-state index in [9.17, 15) is 4.39 Å². The van der Waals surface area contributed by atoms with Gasteiger partial charge in [0.05, 0.1) is 7.11 Å². The van der Waals surface area contributed by atoms with E-state index in [-0.39, 0.29) is 11.9 Å². The standard InChI is InChI=1S/C18H28FNO/c1-4-10-20-18(14-7-5-6-13(2)11-14)16-12-15(19)8-9-17(16)21-3/h8-9,12-14,18,20H,4-7,10-11H2,1-3H3.